The lowest BCUT2D eigenvalue weighted by Gasteiger charge is -2.09. The number of nitrogens with one attached hydrogen (secondary N) is 1. The largest absolute Gasteiger partial charge is 0.467 e. The summed E-state index contributed by atoms with van der Waals surface area (Å²) in [6, 6.07) is 13.0. The Hall–Kier alpha value is -4.47. The zero-order valence-electron chi connectivity index (χ0n) is 17.6. The molecular formula is C23H19FN6O3. The van der Waals surface area contributed by atoms with Gasteiger partial charge in [0.15, 0.2) is 5.82 Å². The van der Waals surface area contributed by atoms with Crippen molar-refractivity contribution in [1.82, 2.24) is 29.4 Å². The third-order valence-corrected chi connectivity index (χ3v) is 5.16. The van der Waals surface area contributed by atoms with Crippen molar-refractivity contribution in [3.63, 3.8) is 0 Å². The molecule has 0 spiro atoms. The van der Waals surface area contributed by atoms with E-state index in [0.717, 1.165) is 4.68 Å². The van der Waals surface area contributed by atoms with Gasteiger partial charge in [-0.2, -0.15) is 10.2 Å². The van der Waals surface area contributed by atoms with Crippen molar-refractivity contribution >= 4 is 16.8 Å². The summed E-state index contributed by atoms with van der Waals surface area (Å²) in [4.78, 5) is 25.9. The van der Waals surface area contributed by atoms with E-state index in [9.17, 15) is 14.0 Å². The molecule has 1 aromatic carbocycles. The fourth-order valence-electron chi connectivity index (χ4n) is 3.66. The lowest BCUT2D eigenvalue weighted by atomic mass is 10.2. The number of rotatable bonds is 6. The Morgan fingerprint density at radius 1 is 1.12 bits per heavy atom. The molecule has 0 aliphatic heterocycles. The van der Waals surface area contributed by atoms with Crippen LogP contribution >= 0.6 is 0 Å². The highest BCUT2D eigenvalue weighted by Gasteiger charge is 2.22. The molecule has 0 saturated carbocycles. The maximum atomic E-state index is 13.9. The third-order valence-electron chi connectivity index (χ3n) is 5.16. The van der Waals surface area contributed by atoms with Crippen LogP contribution in [0.25, 0.3) is 22.4 Å². The van der Waals surface area contributed by atoms with Crippen LogP contribution in [-0.4, -0.2) is 30.0 Å². The molecule has 1 amide bonds. The van der Waals surface area contributed by atoms with Crippen LogP contribution < -0.4 is 10.9 Å². The first-order valence-electron chi connectivity index (χ1n) is 10.2. The third kappa shape index (κ3) is 3.82. The summed E-state index contributed by atoms with van der Waals surface area (Å²) >= 11 is 0. The van der Waals surface area contributed by atoms with Crippen LogP contribution in [0, 0.1) is 12.7 Å². The Morgan fingerprint density at radius 2 is 1.94 bits per heavy atom. The van der Waals surface area contributed by atoms with Gasteiger partial charge in [0, 0.05) is 12.4 Å². The molecule has 0 aliphatic carbocycles. The first-order valence-corrected chi connectivity index (χ1v) is 10.2. The molecule has 0 radical (unpaired) electrons. The summed E-state index contributed by atoms with van der Waals surface area (Å²) in [6.07, 6.45) is 5.05. The molecule has 5 aromatic rings. The van der Waals surface area contributed by atoms with E-state index in [-0.39, 0.29) is 24.4 Å². The van der Waals surface area contributed by atoms with E-state index >= 15 is 0 Å². The van der Waals surface area contributed by atoms with E-state index in [0.29, 0.717) is 28.5 Å². The predicted octanol–water partition coefficient (Wildman–Crippen LogP) is 2.73. The number of benzene rings is 1. The van der Waals surface area contributed by atoms with Gasteiger partial charge in [0.2, 0.25) is 5.91 Å². The maximum absolute atomic E-state index is 13.9. The normalized spacial score (nSPS) is 11.2. The predicted molar refractivity (Wildman–Crippen MR) is 118 cm³/mol. The van der Waals surface area contributed by atoms with Crippen molar-refractivity contribution in [1.29, 1.82) is 0 Å². The summed E-state index contributed by atoms with van der Waals surface area (Å²) in [5, 5.41) is 11.9. The molecule has 0 unspecified atom stereocenters. The number of hydrogen-bond donors (Lipinski definition) is 1. The van der Waals surface area contributed by atoms with Crippen molar-refractivity contribution in [2.45, 2.75) is 20.0 Å². The summed E-state index contributed by atoms with van der Waals surface area (Å²) in [5.41, 5.74) is 0.818. The molecule has 0 bridgehead atoms. The number of halogens is 1. The first kappa shape index (κ1) is 20.4. The van der Waals surface area contributed by atoms with Crippen LogP contribution in [0.5, 0.6) is 0 Å². The van der Waals surface area contributed by atoms with E-state index in [4.69, 9.17) is 4.42 Å². The van der Waals surface area contributed by atoms with Crippen molar-refractivity contribution in [3.05, 3.63) is 94.8 Å². The number of furan rings is 1. The van der Waals surface area contributed by atoms with E-state index in [2.05, 4.69) is 15.5 Å². The Labute approximate surface area is 186 Å². The lowest BCUT2D eigenvalue weighted by molar-refractivity contribution is -0.122. The Kier molecular flexibility index (Phi) is 5.09. The molecule has 0 aliphatic rings. The van der Waals surface area contributed by atoms with E-state index in [1.807, 2.05) is 12.1 Å². The summed E-state index contributed by atoms with van der Waals surface area (Å²) in [5.74, 6) is 0.216. The second-order valence-corrected chi connectivity index (χ2v) is 7.43. The molecule has 4 aromatic heterocycles. The Bertz CT molecular complexity index is 1500. The lowest BCUT2D eigenvalue weighted by Crippen LogP contribution is -2.34. The van der Waals surface area contributed by atoms with Gasteiger partial charge in [-0.25, -0.2) is 13.8 Å². The molecular weight excluding hydrogens is 427 g/mol. The number of nitrogens with zero attached hydrogens (tertiary/aromatic N) is 5. The minimum absolute atomic E-state index is 0.202. The maximum Gasteiger partial charge on any atom is 0.280 e. The smallest absolute Gasteiger partial charge is 0.280 e. The summed E-state index contributed by atoms with van der Waals surface area (Å²) in [7, 11) is 0. The van der Waals surface area contributed by atoms with Gasteiger partial charge in [-0.1, -0.05) is 6.07 Å². The minimum Gasteiger partial charge on any atom is -0.467 e. The van der Waals surface area contributed by atoms with Gasteiger partial charge < -0.3 is 14.3 Å². The monoisotopic (exact) mass is 446 g/mol. The molecule has 33 heavy (non-hydrogen) atoms. The van der Waals surface area contributed by atoms with Crippen molar-refractivity contribution in [2.75, 3.05) is 0 Å². The number of aryl methyl sites for hydroxylation is 1. The fourth-order valence-corrected chi connectivity index (χ4v) is 3.66. The van der Waals surface area contributed by atoms with Crippen LogP contribution in [-0.2, 0) is 17.9 Å². The van der Waals surface area contributed by atoms with E-state index in [1.54, 1.807) is 48.1 Å². The van der Waals surface area contributed by atoms with Crippen LogP contribution in [0.2, 0.25) is 0 Å². The quantitative estimate of drug-likeness (QED) is 0.432. The second-order valence-electron chi connectivity index (χ2n) is 7.43. The minimum atomic E-state index is -0.477. The van der Waals surface area contributed by atoms with Gasteiger partial charge in [-0.3, -0.25) is 9.59 Å². The number of fused-ring (bicyclic) bond motifs is 1. The van der Waals surface area contributed by atoms with E-state index < -0.39 is 11.4 Å². The highest BCUT2D eigenvalue weighted by Crippen LogP contribution is 2.24. The van der Waals surface area contributed by atoms with Crippen LogP contribution in [0.3, 0.4) is 0 Å². The van der Waals surface area contributed by atoms with Crippen LogP contribution in [0.1, 0.15) is 11.5 Å². The zero-order valence-corrected chi connectivity index (χ0v) is 17.6. The number of aromatic nitrogens is 5. The fraction of sp³-hybridized carbons (Fsp3) is 0.130. The molecule has 9 nitrogen and oxygen atoms in total. The highest BCUT2D eigenvalue weighted by atomic mass is 19.1. The average Bonchev–Trinajstić information content (AvgIpc) is 3.56. The number of carbonyl (C=O) groups is 1. The average molecular weight is 446 g/mol. The van der Waals surface area contributed by atoms with Crippen molar-refractivity contribution in [3.8, 4) is 11.5 Å². The standard InChI is InChI=1S/C23H19FN6O3/c1-15-21-20(23(32)29(26-15)14-19(31)25-13-18-8-5-11-33-18)22(28-9-2-3-10-28)30(27-21)17-7-4-6-16(24)12-17/h2-12H,13-14H2,1H3,(H,25,31). The van der Waals surface area contributed by atoms with Gasteiger partial charge in [0.05, 0.1) is 24.2 Å². The topological polar surface area (TPSA) is 99.9 Å². The van der Waals surface area contributed by atoms with Gasteiger partial charge in [0.25, 0.3) is 5.56 Å². The molecule has 1 N–H and O–H groups in total. The summed E-state index contributed by atoms with van der Waals surface area (Å²) < 4.78 is 23.5. The van der Waals surface area contributed by atoms with Crippen molar-refractivity contribution in [2.24, 2.45) is 0 Å². The highest BCUT2D eigenvalue weighted by molar-refractivity contribution is 5.88. The Morgan fingerprint density at radius 3 is 2.67 bits per heavy atom. The summed E-state index contributed by atoms with van der Waals surface area (Å²) in [6.45, 7) is 1.64. The molecule has 4 heterocycles. The number of hydrogen-bond acceptors (Lipinski definition) is 5. The molecule has 0 saturated heterocycles. The molecule has 10 heteroatoms. The van der Waals surface area contributed by atoms with Gasteiger partial charge in [0.1, 0.15) is 29.0 Å². The SMILES string of the molecule is Cc1nn(CC(=O)NCc2ccco2)c(=O)c2c(-n3cccc3)n(-c3cccc(F)c3)nc12. The van der Waals surface area contributed by atoms with Gasteiger partial charge in [-0.15, -0.1) is 0 Å². The van der Waals surface area contributed by atoms with E-state index in [1.165, 1.54) is 23.1 Å². The number of amides is 1. The zero-order chi connectivity index (χ0) is 22.9. The van der Waals surface area contributed by atoms with Gasteiger partial charge >= 0.3 is 0 Å². The Balaban J connectivity index is 1.61. The first-order chi connectivity index (χ1) is 16.0. The van der Waals surface area contributed by atoms with Crippen molar-refractivity contribution < 1.29 is 13.6 Å². The number of carbonyl (C=O) groups excluding carboxylic acids is 1. The molecule has 5 rings (SSSR count). The van der Waals surface area contributed by atoms with Gasteiger partial charge in [-0.05, 0) is 49.4 Å². The second kappa shape index (κ2) is 8.23. The van der Waals surface area contributed by atoms with Crippen LogP contribution in [0.15, 0.2) is 76.4 Å². The van der Waals surface area contributed by atoms with Crippen LogP contribution in [0.4, 0.5) is 4.39 Å². The molecule has 166 valence electrons. The molecule has 0 fully saturated rings. The molecule has 0 atom stereocenters.